The van der Waals surface area contributed by atoms with Crippen LogP contribution in [-0.4, -0.2) is 0 Å². The Labute approximate surface area is 180 Å². The van der Waals surface area contributed by atoms with E-state index in [9.17, 15) is 0 Å². The Morgan fingerprint density at radius 2 is 1.80 bits per heavy atom. The molecule has 1 unspecified atom stereocenters. The third-order valence-corrected chi connectivity index (χ3v) is 6.69. The number of allylic oxidation sites excluding steroid dienone is 1. The van der Waals surface area contributed by atoms with Gasteiger partial charge in [-0.3, -0.25) is 0 Å². The molecule has 156 valence electrons. The first-order chi connectivity index (χ1) is 14.7. The lowest BCUT2D eigenvalue weighted by Crippen LogP contribution is -2.14. The van der Waals surface area contributed by atoms with Crippen LogP contribution >= 0.6 is 0 Å². The molecule has 0 heterocycles. The van der Waals surface area contributed by atoms with Crippen LogP contribution in [0, 0.1) is 5.82 Å². The SMILES string of the molecule is C=CCCc1ccc2c(c1)CCC(c1ccc3cc(CCCCC)ccc3c1F)C2. The normalized spacial score (nSPS) is 15.9. The molecule has 0 nitrogen and oxygen atoms in total. The van der Waals surface area contributed by atoms with E-state index in [0.29, 0.717) is 0 Å². The van der Waals surface area contributed by atoms with Gasteiger partial charge in [0.2, 0.25) is 0 Å². The van der Waals surface area contributed by atoms with Crippen LogP contribution in [0.2, 0.25) is 0 Å². The van der Waals surface area contributed by atoms with Crippen molar-refractivity contribution in [3.8, 4) is 0 Å². The number of hydrogen-bond donors (Lipinski definition) is 0. The fraction of sp³-hybridized carbons (Fsp3) is 0.379. The zero-order valence-electron chi connectivity index (χ0n) is 18.2. The van der Waals surface area contributed by atoms with Gasteiger partial charge in [-0.2, -0.15) is 0 Å². The molecule has 3 aromatic rings. The summed E-state index contributed by atoms with van der Waals surface area (Å²) < 4.78 is 15.5. The van der Waals surface area contributed by atoms with Crippen molar-refractivity contribution < 1.29 is 4.39 Å². The second-order valence-corrected chi connectivity index (χ2v) is 8.85. The van der Waals surface area contributed by atoms with Gasteiger partial charge in [-0.15, -0.1) is 6.58 Å². The lowest BCUT2D eigenvalue weighted by molar-refractivity contribution is 0.539. The van der Waals surface area contributed by atoms with Crippen LogP contribution in [0.25, 0.3) is 10.8 Å². The molecule has 0 amide bonds. The predicted molar refractivity (Wildman–Crippen MR) is 127 cm³/mol. The molecule has 0 aromatic heterocycles. The van der Waals surface area contributed by atoms with Crippen LogP contribution in [-0.2, 0) is 25.7 Å². The number of fused-ring (bicyclic) bond motifs is 2. The van der Waals surface area contributed by atoms with Crippen LogP contribution in [0.3, 0.4) is 0 Å². The van der Waals surface area contributed by atoms with Gasteiger partial charge < -0.3 is 0 Å². The third kappa shape index (κ3) is 4.51. The Kier molecular flexibility index (Phi) is 6.67. The van der Waals surface area contributed by atoms with Crippen molar-refractivity contribution in [2.75, 3.05) is 0 Å². The molecule has 0 fully saturated rings. The van der Waals surface area contributed by atoms with Gasteiger partial charge in [0.15, 0.2) is 0 Å². The molecular weight excluding hydrogens is 367 g/mol. The third-order valence-electron chi connectivity index (χ3n) is 6.69. The standard InChI is InChI=1S/C29H33F/c1-3-5-7-9-22-11-16-27-25(19-22)15-17-28(29(27)30)26-14-13-23-18-21(8-6-4-2)10-12-24(23)20-26/h4,10-12,15-19,26H,2-3,5-9,13-14,20H2,1H3. The van der Waals surface area contributed by atoms with Gasteiger partial charge in [-0.25, -0.2) is 4.39 Å². The maximum absolute atomic E-state index is 15.5. The van der Waals surface area contributed by atoms with Crippen LogP contribution in [0.5, 0.6) is 0 Å². The fourth-order valence-corrected chi connectivity index (χ4v) is 4.91. The number of hydrogen-bond acceptors (Lipinski definition) is 0. The smallest absolute Gasteiger partial charge is 0.134 e. The average Bonchev–Trinajstić information content (AvgIpc) is 2.77. The second kappa shape index (κ2) is 9.60. The highest BCUT2D eigenvalue weighted by Gasteiger charge is 2.23. The summed E-state index contributed by atoms with van der Waals surface area (Å²) in [6.45, 7) is 6.05. The maximum atomic E-state index is 15.5. The molecule has 1 aliphatic rings. The lowest BCUT2D eigenvalue weighted by atomic mass is 9.79. The van der Waals surface area contributed by atoms with E-state index in [-0.39, 0.29) is 11.7 Å². The van der Waals surface area contributed by atoms with Gasteiger partial charge >= 0.3 is 0 Å². The minimum Gasteiger partial charge on any atom is -0.206 e. The van der Waals surface area contributed by atoms with Crippen molar-refractivity contribution in [1.29, 1.82) is 0 Å². The van der Waals surface area contributed by atoms with E-state index in [0.717, 1.165) is 54.9 Å². The first-order valence-corrected chi connectivity index (χ1v) is 11.6. The van der Waals surface area contributed by atoms with E-state index in [4.69, 9.17) is 0 Å². The first kappa shape index (κ1) is 20.8. The van der Waals surface area contributed by atoms with Gasteiger partial charge in [-0.05, 0) is 84.1 Å². The van der Waals surface area contributed by atoms with Gasteiger partial charge in [0.05, 0.1) is 0 Å². The molecule has 1 aliphatic carbocycles. The first-order valence-electron chi connectivity index (χ1n) is 11.6. The Morgan fingerprint density at radius 1 is 0.967 bits per heavy atom. The summed E-state index contributed by atoms with van der Waals surface area (Å²) in [4.78, 5) is 0. The lowest BCUT2D eigenvalue weighted by Gasteiger charge is -2.26. The molecule has 30 heavy (non-hydrogen) atoms. The summed E-state index contributed by atoms with van der Waals surface area (Å²) in [5.74, 6) is 0.258. The molecule has 0 saturated heterocycles. The van der Waals surface area contributed by atoms with E-state index in [1.165, 1.54) is 41.5 Å². The van der Waals surface area contributed by atoms with Crippen molar-refractivity contribution in [2.24, 2.45) is 0 Å². The summed E-state index contributed by atoms with van der Waals surface area (Å²) >= 11 is 0. The van der Waals surface area contributed by atoms with Gasteiger partial charge in [-0.1, -0.05) is 74.4 Å². The predicted octanol–water partition coefficient (Wildman–Crippen LogP) is 8.10. The molecule has 4 rings (SSSR count). The topological polar surface area (TPSA) is 0 Å². The van der Waals surface area contributed by atoms with Crippen molar-refractivity contribution in [1.82, 2.24) is 0 Å². The summed E-state index contributed by atoms with van der Waals surface area (Å²) in [5.41, 5.74) is 6.44. The van der Waals surface area contributed by atoms with E-state index < -0.39 is 0 Å². The summed E-state index contributed by atoms with van der Waals surface area (Å²) in [6, 6.07) is 17.3. The number of benzene rings is 3. The summed E-state index contributed by atoms with van der Waals surface area (Å²) in [7, 11) is 0. The van der Waals surface area contributed by atoms with E-state index >= 15 is 4.39 Å². The fourth-order valence-electron chi connectivity index (χ4n) is 4.91. The molecule has 1 atom stereocenters. The molecule has 0 radical (unpaired) electrons. The van der Waals surface area contributed by atoms with Crippen LogP contribution in [0.4, 0.5) is 4.39 Å². The quantitative estimate of drug-likeness (QED) is 0.265. The minimum absolute atomic E-state index is 0.0105. The summed E-state index contributed by atoms with van der Waals surface area (Å²) in [6.07, 6.45) is 11.8. The zero-order chi connectivity index (χ0) is 20.9. The Hall–Kier alpha value is -2.41. The Morgan fingerprint density at radius 3 is 2.63 bits per heavy atom. The Balaban J connectivity index is 1.54. The molecule has 0 spiro atoms. The van der Waals surface area contributed by atoms with Crippen molar-refractivity contribution >= 4 is 10.8 Å². The maximum Gasteiger partial charge on any atom is 0.134 e. The van der Waals surface area contributed by atoms with E-state index in [1.54, 1.807) is 0 Å². The van der Waals surface area contributed by atoms with E-state index in [2.05, 4.69) is 49.9 Å². The number of unbranched alkanes of at least 4 members (excludes halogenated alkanes) is 2. The highest BCUT2D eigenvalue weighted by Crippen LogP contribution is 2.36. The van der Waals surface area contributed by atoms with Crippen LogP contribution in [0.15, 0.2) is 61.2 Å². The molecule has 0 aliphatic heterocycles. The highest BCUT2D eigenvalue weighted by molar-refractivity contribution is 5.84. The molecule has 0 N–H and O–H groups in total. The highest BCUT2D eigenvalue weighted by atomic mass is 19.1. The van der Waals surface area contributed by atoms with Crippen LogP contribution < -0.4 is 0 Å². The van der Waals surface area contributed by atoms with Crippen molar-refractivity contribution in [2.45, 2.75) is 70.6 Å². The zero-order valence-corrected chi connectivity index (χ0v) is 18.2. The van der Waals surface area contributed by atoms with E-state index in [1.807, 2.05) is 18.2 Å². The second-order valence-electron chi connectivity index (χ2n) is 8.85. The largest absolute Gasteiger partial charge is 0.206 e. The average molecular weight is 401 g/mol. The van der Waals surface area contributed by atoms with Crippen molar-refractivity contribution in [3.63, 3.8) is 0 Å². The Bertz CT molecular complexity index is 1030. The number of halogens is 1. The van der Waals surface area contributed by atoms with Gasteiger partial charge in [0.25, 0.3) is 0 Å². The number of rotatable bonds is 8. The van der Waals surface area contributed by atoms with Gasteiger partial charge in [0, 0.05) is 5.39 Å². The van der Waals surface area contributed by atoms with Crippen molar-refractivity contribution in [3.05, 3.63) is 94.8 Å². The molecular formula is C29H33F. The molecule has 1 heteroatoms. The minimum atomic E-state index is -0.0105. The monoisotopic (exact) mass is 400 g/mol. The number of aryl methyl sites for hydroxylation is 3. The van der Waals surface area contributed by atoms with Gasteiger partial charge in [0.1, 0.15) is 5.82 Å². The van der Waals surface area contributed by atoms with Crippen LogP contribution in [0.1, 0.15) is 72.8 Å². The molecule has 3 aromatic carbocycles. The summed E-state index contributed by atoms with van der Waals surface area (Å²) in [5, 5.41) is 1.81. The molecule has 0 saturated carbocycles. The molecule has 0 bridgehead atoms.